The maximum absolute atomic E-state index is 2.53. The summed E-state index contributed by atoms with van der Waals surface area (Å²) in [6.07, 6.45) is 41.7. The van der Waals surface area contributed by atoms with Gasteiger partial charge >= 0.3 is 0 Å². The topological polar surface area (TPSA) is 8.81 Å². The molecule has 1 aromatic heterocycles. The van der Waals surface area contributed by atoms with Crippen LogP contribution in [0.1, 0.15) is 180 Å². The average molecular weight is 490 g/mol. The maximum atomic E-state index is 2.53. The van der Waals surface area contributed by atoms with Crippen molar-refractivity contribution < 1.29 is 4.57 Å². The van der Waals surface area contributed by atoms with E-state index in [0.29, 0.717) is 0 Å². The second-order valence-electron chi connectivity index (χ2n) is 11.4. The lowest BCUT2D eigenvalue weighted by Gasteiger charge is -2.05. The number of aryl methyl sites for hydroxylation is 2. The van der Waals surface area contributed by atoms with Gasteiger partial charge in [0.15, 0.2) is 0 Å². The van der Waals surface area contributed by atoms with Crippen molar-refractivity contribution >= 4 is 0 Å². The Morgan fingerprint density at radius 1 is 0.486 bits per heavy atom. The summed E-state index contributed by atoms with van der Waals surface area (Å²) in [5, 5.41) is 0. The Bertz CT molecular complexity index is 547. The fourth-order valence-electron chi connectivity index (χ4n) is 5.50. The van der Waals surface area contributed by atoms with Crippen molar-refractivity contribution in [3.63, 3.8) is 0 Å². The molecule has 0 amide bonds. The number of hydrogen-bond donors (Lipinski definition) is 0. The van der Waals surface area contributed by atoms with Gasteiger partial charge < -0.3 is 0 Å². The normalized spacial score (nSPS) is 11.5. The van der Waals surface area contributed by atoms with Crippen molar-refractivity contribution in [2.24, 2.45) is 7.05 Å². The predicted octanol–water partition coefficient (Wildman–Crippen LogP) is 10.6. The Hall–Kier alpha value is -0.790. The predicted molar refractivity (Wildman–Crippen MR) is 156 cm³/mol. The largest absolute Gasteiger partial charge is 0.256 e. The van der Waals surface area contributed by atoms with Gasteiger partial charge in [-0.15, -0.1) is 0 Å². The summed E-state index contributed by atoms with van der Waals surface area (Å²) in [6.45, 7) is 5.82. The highest BCUT2D eigenvalue weighted by Crippen LogP contribution is 2.15. The zero-order valence-corrected chi connectivity index (χ0v) is 24.6. The van der Waals surface area contributed by atoms with E-state index in [1.165, 1.54) is 179 Å². The Kier molecular flexibility index (Phi) is 22.9. The third-order valence-corrected chi connectivity index (χ3v) is 7.97. The van der Waals surface area contributed by atoms with Crippen LogP contribution in [0.5, 0.6) is 0 Å². The summed E-state index contributed by atoms with van der Waals surface area (Å²) >= 11 is 0. The SMILES string of the molecule is CCCCCCCCCCCCCCCCCCCn1cc[n+](C)c1CCCCCCCCCC. The number of imidazole rings is 1. The van der Waals surface area contributed by atoms with E-state index in [-0.39, 0.29) is 0 Å². The highest BCUT2D eigenvalue weighted by atomic mass is 15.1. The first-order valence-corrected chi connectivity index (χ1v) is 16.3. The molecule has 2 heteroatoms. The third-order valence-electron chi connectivity index (χ3n) is 7.97. The zero-order chi connectivity index (χ0) is 25.2. The number of rotatable bonds is 27. The molecule has 0 fully saturated rings. The maximum Gasteiger partial charge on any atom is 0.256 e. The molecule has 0 aliphatic rings. The average Bonchev–Trinajstić information content (AvgIpc) is 3.21. The molecule has 0 saturated carbocycles. The van der Waals surface area contributed by atoms with Crippen LogP contribution in [0.15, 0.2) is 12.4 Å². The van der Waals surface area contributed by atoms with E-state index < -0.39 is 0 Å². The van der Waals surface area contributed by atoms with E-state index in [0.717, 1.165) is 0 Å². The minimum absolute atomic E-state index is 1.21. The molecule has 1 heterocycles. The van der Waals surface area contributed by atoms with Crippen LogP contribution in [0, 0.1) is 0 Å². The second-order valence-corrected chi connectivity index (χ2v) is 11.4. The molecule has 0 radical (unpaired) electrons. The van der Waals surface area contributed by atoms with Crippen LogP contribution < -0.4 is 4.57 Å². The first-order chi connectivity index (χ1) is 17.3. The quantitative estimate of drug-likeness (QED) is 0.0858. The summed E-state index contributed by atoms with van der Waals surface area (Å²) < 4.78 is 4.89. The van der Waals surface area contributed by atoms with E-state index >= 15 is 0 Å². The molecular weight excluding hydrogens is 424 g/mol. The molecule has 0 aliphatic carbocycles. The van der Waals surface area contributed by atoms with Crippen LogP contribution in [0.2, 0.25) is 0 Å². The molecule has 2 nitrogen and oxygen atoms in total. The van der Waals surface area contributed by atoms with Gasteiger partial charge in [0.25, 0.3) is 5.82 Å². The number of unbranched alkanes of at least 4 members (excludes halogenated alkanes) is 23. The van der Waals surface area contributed by atoms with E-state index in [1.54, 1.807) is 0 Å². The molecule has 1 rings (SSSR count). The minimum Gasteiger partial charge on any atom is -0.237 e. The van der Waals surface area contributed by atoms with Crippen molar-refractivity contribution in [1.82, 2.24) is 4.57 Å². The van der Waals surface area contributed by atoms with Crippen LogP contribution in [-0.2, 0) is 20.0 Å². The molecule has 0 atom stereocenters. The lowest BCUT2D eigenvalue weighted by molar-refractivity contribution is -0.678. The highest BCUT2D eigenvalue weighted by molar-refractivity contribution is 4.84. The number of hydrogen-bond acceptors (Lipinski definition) is 0. The lowest BCUT2D eigenvalue weighted by atomic mass is 10.0. The summed E-state index contributed by atoms with van der Waals surface area (Å²) in [5.41, 5.74) is 0. The fraction of sp³-hybridized carbons (Fsp3) is 0.909. The monoisotopic (exact) mass is 490 g/mol. The van der Waals surface area contributed by atoms with Crippen LogP contribution >= 0.6 is 0 Å². The summed E-state index contributed by atoms with van der Waals surface area (Å²) in [6, 6.07) is 0. The van der Waals surface area contributed by atoms with Gasteiger partial charge in [-0.25, -0.2) is 9.13 Å². The lowest BCUT2D eigenvalue weighted by Crippen LogP contribution is -2.32. The molecule has 0 unspecified atom stereocenters. The number of nitrogens with zero attached hydrogens (tertiary/aromatic N) is 2. The fourth-order valence-corrected chi connectivity index (χ4v) is 5.50. The van der Waals surface area contributed by atoms with Crippen molar-refractivity contribution in [2.45, 2.75) is 187 Å². The molecule has 206 valence electrons. The van der Waals surface area contributed by atoms with Crippen LogP contribution in [0.3, 0.4) is 0 Å². The van der Waals surface area contributed by atoms with Crippen LogP contribution in [0.25, 0.3) is 0 Å². The van der Waals surface area contributed by atoms with Gasteiger partial charge in [-0.3, -0.25) is 0 Å². The molecule has 0 aromatic carbocycles. The molecule has 0 spiro atoms. The van der Waals surface area contributed by atoms with Crippen molar-refractivity contribution in [1.29, 1.82) is 0 Å². The molecule has 0 bridgehead atoms. The van der Waals surface area contributed by atoms with Crippen molar-refractivity contribution in [2.75, 3.05) is 0 Å². The second kappa shape index (κ2) is 24.9. The first kappa shape index (κ1) is 32.2. The number of aromatic nitrogens is 2. The van der Waals surface area contributed by atoms with Gasteiger partial charge in [0.2, 0.25) is 0 Å². The third kappa shape index (κ3) is 19.0. The Morgan fingerprint density at radius 2 is 0.829 bits per heavy atom. The van der Waals surface area contributed by atoms with Crippen LogP contribution in [0.4, 0.5) is 0 Å². The van der Waals surface area contributed by atoms with E-state index in [9.17, 15) is 0 Å². The molecule has 0 aliphatic heterocycles. The molecule has 35 heavy (non-hydrogen) atoms. The standard InChI is InChI=1S/C33H65N2/c1-4-6-8-10-12-14-15-16-17-18-19-20-21-22-24-26-28-30-35-32-31-34(3)33(35)29-27-25-23-13-11-9-7-5-2/h31-32H,4-30H2,1-3H3/q+1. The molecule has 0 saturated heterocycles. The summed E-state index contributed by atoms with van der Waals surface area (Å²) in [7, 11) is 2.23. The van der Waals surface area contributed by atoms with Crippen molar-refractivity contribution in [3.8, 4) is 0 Å². The van der Waals surface area contributed by atoms with E-state index in [2.05, 4.69) is 42.4 Å². The van der Waals surface area contributed by atoms with Crippen molar-refractivity contribution in [3.05, 3.63) is 18.2 Å². The van der Waals surface area contributed by atoms with Gasteiger partial charge in [-0.1, -0.05) is 155 Å². The van der Waals surface area contributed by atoms with Crippen LogP contribution in [-0.4, -0.2) is 4.57 Å². The zero-order valence-electron chi connectivity index (χ0n) is 24.6. The molecular formula is C33H65N2+. The first-order valence-electron chi connectivity index (χ1n) is 16.3. The Morgan fingerprint density at radius 3 is 1.23 bits per heavy atom. The smallest absolute Gasteiger partial charge is 0.237 e. The molecule has 0 N–H and O–H groups in total. The Balaban J connectivity index is 1.91. The van der Waals surface area contributed by atoms with Gasteiger partial charge in [0.05, 0.1) is 13.6 Å². The molecule has 1 aromatic rings. The Labute approximate surface area is 221 Å². The minimum atomic E-state index is 1.21. The summed E-state index contributed by atoms with van der Waals surface area (Å²) in [5.74, 6) is 1.53. The van der Waals surface area contributed by atoms with E-state index in [1.807, 2.05) is 0 Å². The van der Waals surface area contributed by atoms with Gasteiger partial charge in [0.1, 0.15) is 12.4 Å². The summed E-state index contributed by atoms with van der Waals surface area (Å²) in [4.78, 5) is 0. The highest BCUT2D eigenvalue weighted by Gasteiger charge is 2.13. The van der Waals surface area contributed by atoms with Gasteiger partial charge in [-0.2, -0.15) is 0 Å². The van der Waals surface area contributed by atoms with Gasteiger partial charge in [0, 0.05) is 6.42 Å². The van der Waals surface area contributed by atoms with Gasteiger partial charge in [-0.05, 0) is 19.3 Å². The van der Waals surface area contributed by atoms with E-state index in [4.69, 9.17) is 0 Å².